The van der Waals surface area contributed by atoms with Crippen molar-refractivity contribution in [2.75, 3.05) is 6.61 Å². The number of allylic oxidation sites excluding steroid dienone is 1. The van der Waals surface area contributed by atoms with E-state index in [0.717, 1.165) is 12.1 Å². The lowest BCUT2D eigenvalue weighted by molar-refractivity contribution is -0.138. The van der Waals surface area contributed by atoms with Crippen LogP contribution >= 0.6 is 0 Å². The van der Waals surface area contributed by atoms with E-state index in [1.54, 1.807) is 13.0 Å². The van der Waals surface area contributed by atoms with Gasteiger partial charge < -0.3 is 4.74 Å². The van der Waals surface area contributed by atoms with Crippen molar-refractivity contribution >= 4 is 11.7 Å². The molecule has 0 aliphatic heterocycles. The Hall–Kier alpha value is -1.12. The second-order valence-electron chi connectivity index (χ2n) is 2.78. The van der Waals surface area contributed by atoms with Crippen molar-refractivity contribution in [2.24, 2.45) is 4.99 Å². The van der Waals surface area contributed by atoms with Crippen LogP contribution in [0, 0.1) is 0 Å². The fourth-order valence-electron chi connectivity index (χ4n) is 0.814. The summed E-state index contributed by atoms with van der Waals surface area (Å²) in [5.74, 6) is -0.342. The van der Waals surface area contributed by atoms with Crippen LogP contribution in [0.1, 0.15) is 34.1 Å². The molecule has 0 saturated heterocycles. The highest BCUT2D eigenvalue weighted by molar-refractivity contribution is 5.92. The average molecular weight is 183 g/mol. The number of esters is 1. The smallest absolute Gasteiger partial charge is 0.356 e. The van der Waals surface area contributed by atoms with Gasteiger partial charge in [0.05, 0.1) is 6.61 Å². The van der Waals surface area contributed by atoms with Crippen molar-refractivity contribution in [1.82, 2.24) is 0 Å². The third-order valence-electron chi connectivity index (χ3n) is 1.23. The van der Waals surface area contributed by atoms with Crippen molar-refractivity contribution in [3.05, 3.63) is 11.8 Å². The summed E-state index contributed by atoms with van der Waals surface area (Å²) < 4.78 is 4.84. The maximum Gasteiger partial charge on any atom is 0.356 e. The van der Waals surface area contributed by atoms with Crippen LogP contribution in [0.15, 0.2) is 16.8 Å². The third-order valence-corrected chi connectivity index (χ3v) is 1.23. The minimum atomic E-state index is -0.342. The zero-order chi connectivity index (χ0) is 10.3. The van der Waals surface area contributed by atoms with Gasteiger partial charge >= 0.3 is 5.97 Å². The monoisotopic (exact) mass is 183 g/mol. The first kappa shape index (κ1) is 11.9. The molecule has 3 heteroatoms. The van der Waals surface area contributed by atoms with Gasteiger partial charge in [-0.1, -0.05) is 13.0 Å². The molecule has 0 aliphatic rings. The Labute approximate surface area is 79.5 Å². The van der Waals surface area contributed by atoms with Gasteiger partial charge in [0.1, 0.15) is 5.70 Å². The van der Waals surface area contributed by atoms with E-state index in [2.05, 4.69) is 4.99 Å². The molecule has 0 N–H and O–H groups in total. The Morgan fingerprint density at radius 2 is 2.00 bits per heavy atom. The number of aliphatic imine (C=N–C) groups is 1. The van der Waals surface area contributed by atoms with Gasteiger partial charge in [-0.05, 0) is 27.2 Å². The summed E-state index contributed by atoms with van der Waals surface area (Å²) in [4.78, 5) is 15.4. The quantitative estimate of drug-likeness (QED) is 0.381. The first-order chi connectivity index (χ1) is 6.11. The van der Waals surface area contributed by atoms with Crippen LogP contribution in [0.4, 0.5) is 0 Å². The van der Waals surface area contributed by atoms with E-state index in [4.69, 9.17) is 4.74 Å². The number of carbonyl (C=O) groups is 1. The van der Waals surface area contributed by atoms with Gasteiger partial charge in [-0.25, -0.2) is 4.79 Å². The molecule has 0 saturated carbocycles. The molecular formula is C10H17NO2. The van der Waals surface area contributed by atoms with Crippen molar-refractivity contribution in [3.8, 4) is 0 Å². The summed E-state index contributed by atoms with van der Waals surface area (Å²) in [6.07, 6.45) is 2.55. The lowest BCUT2D eigenvalue weighted by Gasteiger charge is -2.01. The van der Waals surface area contributed by atoms with Gasteiger partial charge in [0, 0.05) is 5.71 Å². The van der Waals surface area contributed by atoms with Gasteiger partial charge in [0.2, 0.25) is 0 Å². The van der Waals surface area contributed by atoms with E-state index in [9.17, 15) is 4.79 Å². The fraction of sp³-hybridized carbons (Fsp3) is 0.600. The second kappa shape index (κ2) is 6.40. The first-order valence-electron chi connectivity index (χ1n) is 4.51. The van der Waals surface area contributed by atoms with E-state index in [-0.39, 0.29) is 5.97 Å². The van der Waals surface area contributed by atoms with Crippen LogP contribution in [0.5, 0.6) is 0 Å². The Morgan fingerprint density at radius 3 is 2.38 bits per heavy atom. The molecule has 0 spiro atoms. The minimum absolute atomic E-state index is 0.342. The largest absolute Gasteiger partial charge is 0.461 e. The predicted octanol–water partition coefficient (Wildman–Crippen LogP) is 2.32. The molecule has 0 atom stereocenters. The molecule has 0 aliphatic carbocycles. The molecule has 74 valence electrons. The number of hydrogen-bond acceptors (Lipinski definition) is 3. The average Bonchev–Trinajstić information content (AvgIpc) is 2.03. The summed E-state index contributed by atoms with van der Waals surface area (Å²) in [6.45, 7) is 7.83. The summed E-state index contributed by atoms with van der Waals surface area (Å²) in [5, 5.41) is 0. The van der Waals surface area contributed by atoms with Gasteiger partial charge in [-0.15, -0.1) is 0 Å². The summed E-state index contributed by atoms with van der Waals surface area (Å²) in [7, 11) is 0. The lowest BCUT2D eigenvalue weighted by Crippen LogP contribution is -2.07. The molecule has 0 heterocycles. The minimum Gasteiger partial charge on any atom is -0.461 e. The molecule has 0 bridgehead atoms. The highest BCUT2D eigenvalue weighted by Crippen LogP contribution is 2.03. The number of carbonyl (C=O) groups excluding carboxylic acids is 1. The van der Waals surface area contributed by atoms with Gasteiger partial charge in [0.25, 0.3) is 0 Å². The molecule has 0 fully saturated rings. The van der Waals surface area contributed by atoms with Crippen LogP contribution in [-0.4, -0.2) is 18.3 Å². The molecule has 13 heavy (non-hydrogen) atoms. The Balaban J connectivity index is 4.53. The molecule has 0 aromatic carbocycles. The van der Waals surface area contributed by atoms with Crippen LogP contribution < -0.4 is 0 Å². The molecule has 0 unspecified atom stereocenters. The van der Waals surface area contributed by atoms with E-state index in [1.165, 1.54) is 0 Å². The maximum absolute atomic E-state index is 11.3. The number of ether oxygens (including phenoxy) is 1. The van der Waals surface area contributed by atoms with Gasteiger partial charge in [-0.2, -0.15) is 0 Å². The molecule has 0 aromatic heterocycles. The lowest BCUT2D eigenvalue weighted by atomic mass is 10.3. The first-order valence-corrected chi connectivity index (χ1v) is 4.51. The zero-order valence-corrected chi connectivity index (χ0v) is 8.76. The summed E-state index contributed by atoms with van der Waals surface area (Å²) in [5.41, 5.74) is 1.26. The van der Waals surface area contributed by atoms with Crippen molar-refractivity contribution in [2.45, 2.75) is 34.1 Å². The van der Waals surface area contributed by atoms with E-state index < -0.39 is 0 Å². The van der Waals surface area contributed by atoms with Crippen LogP contribution in [0.25, 0.3) is 0 Å². The topological polar surface area (TPSA) is 38.7 Å². The van der Waals surface area contributed by atoms with E-state index in [0.29, 0.717) is 12.3 Å². The number of hydrogen-bond donors (Lipinski definition) is 0. The van der Waals surface area contributed by atoms with Crippen molar-refractivity contribution in [3.63, 3.8) is 0 Å². The van der Waals surface area contributed by atoms with Crippen LogP contribution in [0.2, 0.25) is 0 Å². The second-order valence-corrected chi connectivity index (χ2v) is 2.78. The molecule has 0 amide bonds. The summed E-state index contributed by atoms with van der Waals surface area (Å²) in [6, 6.07) is 0. The van der Waals surface area contributed by atoms with Crippen LogP contribution in [-0.2, 0) is 9.53 Å². The van der Waals surface area contributed by atoms with E-state index >= 15 is 0 Å². The Kier molecular flexibility index (Phi) is 5.85. The van der Waals surface area contributed by atoms with Crippen molar-refractivity contribution in [1.29, 1.82) is 0 Å². The molecular weight excluding hydrogens is 166 g/mol. The predicted molar refractivity (Wildman–Crippen MR) is 53.8 cm³/mol. The molecule has 3 nitrogen and oxygen atoms in total. The molecule has 0 aromatic rings. The standard InChI is InChI=1S/C10H17NO2/c1-5-7-9(11-8(3)4)10(12)13-6-2/h7H,5-6H2,1-4H3/b9-7-. The number of nitrogens with zero attached hydrogens (tertiary/aromatic N) is 1. The zero-order valence-electron chi connectivity index (χ0n) is 8.76. The highest BCUT2D eigenvalue weighted by atomic mass is 16.5. The maximum atomic E-state index is 11.3. The Morgan fingerprint density at radius 1 is 1.38 bits per heavy atom. The van der Waals surface area contributed by atoms with Crippen LogP contribution in [0.3, 0.4) is 0 Å². The molecule has 0 rings (SSSR count). The third kappa shape index (κ3) is 5.17. The van der Waals surface area contributed by atoms with Crippen molar-refractivity contribution < 1.29 is 9.53 Å². The molecule has 0 radical (unpaired) electrons. The normalized spacial score (nSPS) is 10.9. The highest BCUT2D eigenvalue weighted by Gasteiger charge is 2.07. The SMILES string of the molecule is CC/C=C(\N=C(C)C)C(=O)OCC. The number of rotatable bonds is 4. The van der Waals surface area contributed by atoms with Gasteiger partial charge in [-0.3, -0.25) is 4.99 Å². The Bertz CT molecular complexity index is 225. The van der Waals surface area contributed by atoms with Gasteiger partial charge in [0.15, 0.2) is 0 Å². The fourth-order valence-corrected chi connectivity index (χ4v) is 0.814. The van der Waals surface area contributed by atoms with E-state index in [1.807, 2.05) is 20.8 Å². The summed E-state index contributed by atoms with van der Waals surface area (Å²) >= 11 is 0.